The summed E-state index contributed by atoms with van der Waals surface area (Å²) in [6.45, 7) is 5.70. The van der Waals surface area contributed by atoms with Crippen molar-refractivity contribution in [1.82, 2.24) is 10.1 Å². The molecule has 28 heavy (non-hydrogen) atoms. The number of hydrogen-bond donors (Lipinski definition) is 2. The van der Waals surface area contributed by atoms with Crippen LogP contribution in [-0.2, 0) is 14.8 Å². The van der Waals surface area contributed by atoms with Crippen LogP contribution in [-0.4, -0.2) is 26.6 Å². The Kier molecular flexibility index (Phi) is 7.74. The summed E-state index contributed by atoms with van der Waals surface area (Å²) in [7, 11) is -3.83. The van der Waals surface area contributed by atoms with Crippen molar-refractivity contribution in [2.75, 3.05) is 0 Å². The summed E-state index contributed by atoms with van der Waals surface area (Å²) < 4.78 is 27.7. The normalized spacial score (nSPS) is 13.0. The molecule has 0 bridgehead atoms. The number of hydrazone groups is 1. The third-order valence-electron chi connectivity index (χ3n) is 3.89. The molecule has 2 aromatic carbocycles. The second-order valence-electron chi connectivity index (χ2n) is 6.91. The number of nitrogens with one attached hydrogen (secondary N) is 2. The number of sulfonamides is 1. The summed E-state index contributed by atoms with van der Waals surface area (Å²) >= 11 is 5.91. The maximum absolute atomic E-state index is 12.6. The number of nitrogens with zero attached hydrogens (tertiary/aromatic N) is 1. The third kappa shape index (κ3) is 6.74. The molecule has 0 radical (unpaired) electrons. The maximum Gasteiger partial charge on any atom is 0.258 e. The van der Waals surface area contributed by atoms with Gasteiger partial charge in [-0.2, -0.15) is 9.82 Å². The Labute approximate surface area is 171 Å². The SMILES string of the molecule is Cc1ccc(S(=O)(=O)N[C@@H](CC(C)C)C(=O)N/N=C\c2cccc(Cl)c2)cc1. The highest BCUT2D eigenvalue weighted by atomic mass is 35.5. The van der Waals surface area contributed by atoms with Crippen molar-refractivity contribution in [2.45, 2.75) is 38.1 Å². The summed E-state index contributed by atoms with van der Waals surface area (Å²) in [4.78, 5) is 12.6. The Balaban J connectivity index is 2.11. The lowest BCUT2D eigenvalue weighted by molar-refractivity contribution is -0.123. The van der Waals surface area contributed by atoms with E-state index in [-0.39, 0.29) is 10.8 Å². The predicted molar refractivity (Wildman–Crippen MR) is 112 cm³/mol. The molecule has 2 N–H and O–H groups in total. The highest BCUT2D eigenvalue weighted by Crippen LogP contribution is 2.13. The van der Waals surface area contributed by atoms with E-state index < -0.39 is 22.0 Å². The molecule has 0 aliphatic heterocycles. The average Bonchev–Trinajstić information content (AvgIpc) is 2.61. The summed E-state index contributed by atoms with van der Waals surface area (Å²) in [6.07, 6.45) is 1.79. The minimum absolute atomic E-state index is 0.105. The fraction of sp³-hybridized carbons (Fsp3) is 0.300. The molecule has 0 heterocycles. The van der Waals surface area contributed by atoms with Gasteiger partial charge in [-0.25, -0.2) is 13.8 Å². The Bertz CT molecular complexity index is 941. The van der Waals surface area contributed by atoms with E-state index >= 15 is 0 Å². The van der Waals surface area contributed by atoms with Crippen LogP contribution in [0.4, 0.5) is 0 Å². The summed E-state index contributed by atoms with van der Waals surface area (Å²) in [5, 5.41) is 4.46. The van der Waals surface area contributed by atoms with Crippen molar-refractivity contribution in [1.29, 1.82) is 0 Å². The first kappa shape index (κ1) is 22.1. The second-order valence-corrected chi connectivity index (χ2v) is 9.06. The van der Waals surface area contributed by atoms with Gasteiger partial charge in [0.15, 0.2) is 0 Å². The summed E-state index contributed by atoms with van der Waals surface area (Å²) in [5.41, 5.74) is 4.07. The maximum atomic E-state index is 12.6. The first-order valence-corrected chi connectivity index (χ1v) is 10.7. The van der Waals surface area contributed by atoms with Crippen molar-refractivity contribution in [3.05, 3.63) is 64.7 Å². The molecule has 1 amide bonds. The van der Waals surface area contributed by atoms with Crippen molar-refractivity contribution >= 4 is 33.7 Å². The van der Waals surface area contributed by atoms with Crippen LogP contribution >= 0.6 is 11.6 Å². The van der Waals surface area contributed by atoms with Gasteiger partial charge in [0.2, 0.25) is 10.0 Å². The lowest BCUT2D eigenvalue weighted by Crippen LogP contribution is -2.46. The Morgan fingerprint density at radius 2 is 1.86 bits per heavy atom. The lowest BCUT2D eigenvalue weighted by atomic mass is 10.0. The molecule has 0 fully saturated rings. The lowest BCUT2D eigenvalue weighted by Gasteiger charge is -2.19. The zero-order chi connectivity index (χ0) is 20.7. The number of benzene rings is 2. The van der Waals surface area contributed by atoms with Gasteiger partial charge in [0.1, 0.15) is 6.04 Å². The monoisotopic (exact) mass is 421 g/mol. The standard InChI is InChI=1S/C20H24ClN3O3S/c1-14(2)11-19(24-28(26,27)18-9-7-15(3)8-10-18)20(25)23-22-13-16-5-4-6-17(21)12-16/h4-10,12-14,19,24H,11H2,1-3H3,(H,23,25)/b22-13-/t19-/m0/s1. The van der Waals surface area contributed by atoms with Gasteiger partial charge < -0.3 is 0 Å². The molecule has 1 atom stereocenters. The molecule has 0 aliphatic rings. The topological polar surface area (TPSA) is 87.6 Å². The van der Waals surface area contributed by atoms with E-state index in [1.54, 1.807) is 36.4 Å². The van der Waals surface area contributed by atoms with Gasteiger partial charge in [-0.3, -0.25) is 4.79 Å². The van der Waals surface area contributed by atoms with Gasteiger partial charge in [-0.15, -0.1) is 0 Å². The van der Waals surface area contributed by atoms with Gasteiger partial charge in [-0.05, 0) is 49.1 Å². The van der Waals surface area contributed by atoms with E-state index in [2.05, 4.69) is 15.2 Å². The quantitative estimate of drug-likeness (QED) is 0.505. The molecule has 0 saturated carbocycles. The Morgan fingerprint density at radius 3 is 2.46 bits per heavy atom. The van der Waals surface area contributed by atoms with Crippen molar-refractivity contribution in [3.63, 3.8) is 0 Å². The number of rotatable bonds is 8. The fourth-order valence-electron chi connectivity index (χ4n) is 2.49. The second kappa shape index (κ2) is 9.82. The molecule has 0 unspecified atom stereocenters. The van der Waals surface area contributed by atoms with Crippen LogP contribution in [0, 0.1) is 12.8 Å². The Hall–Kier alpha value is -2.22. The van der Waals surface area contributed by atoms with E-state index in [9.17, 15) is 13.2 Å². The van der Waals surface area contributed by atoms with Crippen LogP contribution in [0.3, 0.4) is 0 Å². The Morgan fingerprint density at radius 1 is 1.18 bits per heavy atom. The molecule has 0 spiro atoms. The highest BCUT2D eigenvalue weighted by Gasteiger charge is 2.26. The van der Waals surface area contributed by atoms with Crippen LogP contribution in [0.25, 0.3) is 0 Å². The molecule has 6 nitrogen and oxygen atoms in total. The molecule has 150 valence electrons. The zero-order valence-corrected chi connectivity index (χ0v) is 17.6. The van der Waals surface area contributed by atoms with Gasteiger partial charge in [-0.1, -0.05) is 55.3 Å². The minimum atomic E-state index is -3.83. The number of carbonyl (C=O) groups is 1. The summed E-state index contributed by atoms with van der Waals surface area (Å²) in [6, 6.07) is 12.5. The first-order valence-electron chi connectivity index (χ1n) is 8.85. The van der Waals surface area contributed by atoms with Gasteiger partial charge in [0.25, 0.3) is 5.91 Å². The van der Waals surface area contributed by atoms with Gasteiger partial charge in [0, 0.05) is 5.02 Å². The van der Waals surface area contributed by atoms with Crippen LogP contribution in [0.2, 0.25) is 5.02 Å². The van der Waals surface area contributed by atoms with Crippen LogP contribution in [0.5, 0.6) is 0 Å². The van der Waals surface area contributed by atoms with E-state index in [1.807, 2.05) is 20.8 Å². The third-order valence-corrected chi connectivity index (χ3v) is 5.61. The summed E-state index contributed by atoms with van der Waals surface area (Å²) in [5.74, 6) is -0.420. The predicted octanol–water partition coefficient (Wildman–Crippen LogP) is 3.49. The van der Waals surface area contributed by atoms with Gasteiger partial charge in [0.05, 0.1) is 11.1 Å². The molecular formula is C20H24ClN3O3S. The van der Waals surface area contributed by atoms with Crippen molar-refractivity contribution in [2.24, 2.45) is 11.0 Å². The molecule has 8 heteroatoms. The van der Waals surface area contributed by atoms with E-state index in [4.69, 9.17) is 11.6 Å². The number of carbonyl (C=O) groups excluding carboxylic acids is 1. The average molecular weight is 422 g/mol. The van der Waals surface area contributed by atoms with Crippen LogP contribution in [0.1, 0.15) is 31.4 Å². The molecule has 0 aromatic heterocycles. The molecule has 2 rings (SSSR count). The number of hydrogen-bond acceptors (Lipinski definition) is 4. The molecular weight excluding hydrogens is 398 g/mol. The first-order chi connectivity index (χ1) is 13.2. The largest absolute Gasteiger partial charge is 0.271 e. The highest BCUT2D eigenvalue weighted by molar-refractivity contribution is 7.89. The van der Waals surface area contributed by atoms with Gasteiger partial charge >= 0.3 is 0 Å². The zero-order valence-electron chi connectivity index (χ0n) is 16.0. The number of amides is 1. The minimum Gasteiger partial charge on any atom is -0.271 e. The molecule has 0 aliphatic carbocycles. The van der Waals surface area contributed by atoms with Crippen molar-refractivity contribution < 1.29 is 13.2 Å². The van der Waals surface area contributed by atoms with E-state index in [0.717, 1.165) is 5.56 Å². The van der Waals surface area contributed by atoms with E-state index in [0.29, 0.717) is 17.0 Å². The van der Waals surface area contributed by atoms with Crippen molar-refractivity contribution in [3.8, 4) is 0 Å². The fourth-order valence-corrected chi connectivity index (χ4v) is 3.90. The number of halogens is 1. The molecule has 2 aromatic rings. The van der Waals surface area contributed by atoms with Crippen LogP contribution < -0.4 is 10.1 Å². The van der Waals surface area contributed by atoms with Crippen LogP contribution in [0.15, 0.2) is 58.5 Å². The van der Waals surface area contributed by atoms with E-state index in [1.165, 1.54) is 18.3 Å². The molecule has 0 saturated heterocycles. The number of aryl methyl sites for hydroxylation is 1. The smallest absolute Gasteiger partial charge is 0.258 e.